The molecule has 1 aliphatic rings. The highest BCUT2D eigenvalue weighted by Gasteiger charge is 2.38. The first kappa shape index (κ1) is 18.6. The molecule has 5 nitrogen and oxygen atoms in total. The summed E-state index contributed by atoms with van der Waals surface area (Å²) in [5, 5.41) is 0. The van der Waals surface area contributed by atoms with Crippen LogP contribution in [0.2, 0.25) is 0 Å². The summed E-state index contributed by atoms with van der Waals surface area (Å²) < 4.78 is 64.6. The van der Waals surface area contributed by atoms with Gasteiger partial charge in [-0.1, -0.05) is 0 Å². The number of halogens is 2. The second-order valence-corrected chi connectivity index (χ2v) is 7.85. The van der Waals surface area contributed by atoms with E-state index in [4.69, 9.17) is 9.47 Å². The molecule has 1 atom stereocenters. The van der Waals surface area contributed by atoms with E-state index >= 15 is 0 Å². The molecule has 1 saturated heterocycles. The lowest BCUT2D eigenvalue weighted by atomic mass is 10.0. The zero-order valence-corrected chi connectivity index (χ0v) is 15.2. The van der Waals surface area contributed by atoms with E-state index in [2.05, 4.69) is 0 Å². The first-order valence-corrected chi connectivity index (χ1v) is 9.51. The molecule has 1 aliphatic heterocycles. The van der Waals surface area contributed by atoms with Gasteiger partial charge in [-0.05, 0) is 49.2 Å². The lowest BCUT2D eigenvalue weighted by Crippen LogP contribution is -2.31. The molecule has 1 heterocycles. The average molecular weight is 383 g/mol. The van der Waals surface area contributed by atoms with Crippen molar-refractivity contribution in [2.24, 2.45) is 0 Å². The molecular weight excluding hydrogens is 364 g/mol. The Morgan fingerprint density at radius 2 is 1.81 bits per heavy atom. The van der Waals surface area contributed by atoms with Crippen LogP contribution < -0.4 is 9.47 Å². The van der Waals surface area contributed by atoms with Crippen LogP contribution in [0.25, 0.3) is 0 Å². The molecule has 140 valence electrons. The molecule has 1 fully saturated rings. The number of hydrogen-bond donors (Lipinski definition) is 0. The Bertz CT molecular complexity index is 917. The molecule has 0 amide bonds. The maximum absolute atomic E-state index is 13.5. The third kappa shape index (κ3) is 3.26. The Morgan fingerprint density at radius 1 is 1.04 bits per heavy atom. The fraction of sp³-hybridized carbons (Fsp3) is 0.333. The minimum absolute atomic E-state index is 0.273. The van der Waals surface area contributed by atoms with Gasteiger partial charge >= 0.3 is 0 Å². The van der Waals surface area contributed by atoms with Crippen molar-refractivity contribution in [3.63, 3.8) is 0 Å². The third-order valence-corrected chi connectivity index (χ3v) is 6.40. The molecule has 0 bridgehead atoms. The van der Waals surface area contributed by atoms with Crippen molar-refractivity contribution in [3.05, 3.63) is 53.6 Å². The lowest BCUT2D eigenvalue weighted by Gasteiger charge is -2.26. The van der Waals surface area contributed by atoms with Gasteiger partial charge in [0.1, 0.15) is 11.5 Å². The lowest BCUT2D eigenvalue weighted by molar-refractivity contribution is 0.361. The maximum atomic E-state index is 13.5. The summed E-state index contributed by atoms with van der Waals surface area (Å²) >= 11 is 0. The van der Waals surface area contributed by atoms with E-state index in [1.54, 1.807) is 18.2 Å². The zero-order valence-electron chi connectivity index (χ0n) is 14.4. The van der Waals surface area contributed by atoms with Gasteiger partial charge in [0.05, 0.1) is 25.2 Å². The number of ether oxygens (including phenoxy) is 2. The van der Waals surface area contributed by atoms with Crippen molar-refractivity contribution in [1.29, 1.82) is 0 Å². The Kier molecular flexibility index (Phi) is 5.15. The molecule has 2 aromatic carbocycles. The van der Waals surface area contributed by atoms with Crippen LogP contribution in [0.15, 0.2) is 41.3 Å². The van der Waals surface area contributed by atoms with Gasteiger partial charge in [-0.15, -0.1) is 0 Å². The van der Waals surface area contributed by atoms with Gasteiger partial charge in [0.2, 0.25) is 10.0 Å². The largest absolute Gasteiger partial charge is 0.497 e. The smallest absolute Gasteiger partial charge is 0.243 e. The van der Waals surface area contributed by atoms with Crippen molar-refractivity contribution in [3.8, 4) is 11.5 Å². The number of rotatable bonds is 5. The van der Waals surface area contributed by atoms with Crippen LogP contribution in [0.1, 0.15) is 24.4 Å². The first-order chi connectivity index (χ1) is 12.4. The van der Waals surface area contributed by atoms with Crippen LogP contribution in [-0.2, 0) is 10.0 Å². The fourth-order valence-electron chi connectivity index (χ4n) is 3.21. The highest BCUT2D eigenvalue weighted by molar-refractivity contribution is 7.89. The Labute approximate surface area is 151 Å². The molecular formula is C18H19F2NO4S. The molecule has 8 heteroatoms. The number of hydrogen-bond acceptors (Lipinski definition) is 4. The van der Waals surface area contributed by atoms with E-state index in [0.717, 1.165) is 12.1 Å². The maximum Gasteiger partial charge on any atom is 0.243 e. The summed E-state index contributed by atoms with van der Waals surface area (Å²) in [6, 6.07) is 7.31. The van der Waals surface area contributed by atoms with Gasteiger partial charge < -0.3 is 9.47 Å². The predicted molar refractivity (Wildman–Crippen MR) is 91.8 cm³/mol. The van der Waals surface area contributed by atoms with Crippen LogP contribution in [-0.4, -0.2) is 33.5 Å². The molecule has 3 rings (SSSR count). The number of methoxy groups -OCH3 is 2. The van der Waals surface area contributed by atoms with Crippen molar-refractivity contribution in [2.75, 3.05) is 20.8 Å². The van der Waals surface area contributed by atoms with E-state index < -0.39 is 27.7 Å². The van der Waals surface area contributed by atoms with Crippen LogP contribution in [0.4, 0.5) is 8.78 Å². The predicted octanol–water partition coefficient (Wildman–Crippen LogP) is 3.51. The van der Waals surface area contributed by atoms with E-state index in [9.17, 15) is 17.2 Å². The minimum atomic E-state index is -3.99. The minimum Gasteiger partial charge on any atom is -0.497 e. The monoisotopic (exact) mass is 383 g/mol. The summed E-state index contributed by atoms with van der Waals surface area (Å²) in [5.74, 6) is -1.15. The summed E-state index contributed by atoms with van der Waals surface area (Å²) in [6.07, 6.45) is 1.24. The highest BCUT2D eigenvalue weighted by Crippen LogP contribution is 2.41. The zero-order chi connectivity index (χ0) is 18.9. The van der Waals surface area contributed by atoms with E-state index in [-0.39, 0.29) is 11.4 Å². The Morgan fingerprint density at radius 3 is 2.46 bits per heavy atom. The molecule has 0 aliphatic carbocycles. The van der Waals surface area contributed by atoms with Crippen LogP contribution in [0.5, 0.6) is 11.5 Å². The number of nitrogens with zero attached hydrogens (tertiary/aromatic N) is 1. The summed E-state index contributed by atoms with van der Waals surface area (Å²) in [6.45, 7) is 0.284. The van der Waals surface area contributed by atoms with Gasteiger partial charge in [-0.25, -0.2) is 17.2 Å². The van der Waals surface area contributed by atoms with Gasteiger partial charge in [-0.3, -0.25) is 0 Å². The van der Waals surface area contributed by atoms with E-state index in [0.29, 0.717) is 36.0 Å². The number of sulfonamides is 1. The standard InChI is InChI=1S/C18H19F2NO4S/c1-24-12-5-8-18(25-2)14(10-12)17-4-3-9-21(17)26(22,23)13-6-7-15(19)16(20)11-13/h5-8,10-11,17H,3-4,9H2,1-2H3/t17-/m1/s1. The second kappa shape index (κ2) is 7.20. The molecule has 0 radical (unpaired) electrons. The van der Waals surface area contributed by atoms with E-state index in [1.165, 1.54) is 18.5 Å². The molecule has 0 N–H and O–H groups in total. The van der Waals surface area contributed by atoms with Gasteiger partial charge in [0.25, 0.3) is 0 Å². The third-order valence-electron chi connectivity index (χ3n) is 4.50. The topological polar surface area (TPSA) is 55.8 Å². The normalized spacial score (nSPS) is 18.1. The molecule has 2 aromatic rings. The van der Waals surface area contributed by atoms with Gasteiger partial charge in [0.15, 0.2) is 11.6 Å². The first-order valence-electron chi connectivity index (χ1n) is 8.07. The van der Waals surface area contributed by atoms with Crippen LogP contribution >= 0.6 is 0 Å². The van der Waals surface area contributed by atoms with Crippen molar-refractivity contribution < 1.29 is 26.7 Å². The SMILES string of the molecule is COc1ccc(OC)c([C@H]2CCCN2S(=O)(=O)c2ccc(F)c(F)c2)c1. The van der Waals surface area contributed by atoms with Gasteiger partial charge in [0, 0.05) is 12.1 Å². The molecule has 0 saturated carbocycles. The van der Waals surface area contributed by atoms with Crippen LogP contribution in [0.3, 0.4) is 0 Å². The Balaban J connectivity index is 2.04. The summed E-state index contributed by atoms with van der Waals surface area (Å²) in [7, 11) is -0.957. The molecule has 26 heavy (non-hydrogen) atoms. The number of benzene rings is 2. The van der Waals surface area contributed by atoms with Gasteiger partial charge in [-0.2, -0.15) is 4.31 Å². The van der Waals surface area contributed by atoms with Crippen molar-refractivity contribution in [1.82, 2.24) is 4.31 Å². The van der Waals surface area contributed by atoms with Crippen molar-refractivity contribution in [2.45, 2.75) is 23.8 Å². The molecule has 0 aromatic heterocycles. The average Bonchev–Trinajstić information content (AvgIpc) is 3.13. The summed E-state index contributed by atoms with van der Waals surface area (Å²) in [4.78, 5) is -0.273. The second-order valence-electron chi connectivity index (χ2n) is 5.96. The highest BCUT2D eigenvalue weighted by atomic mass is 32.2. The summed E-state index contributed by atoms with van der Waals surface area (Å²) in [5.41, 5.74) is 0.676. The molecule has 0 spiro atoms. The quantitative estimate of drug-likeness (QED) is 0.793. The van der Waals surface area contributed by atoms with Crippen LogP contribution in [0, 0.1) is 11.6 Å². The fourth-order valence-corrected chi connectivity index (χ4v) is 4.90. The van der Waals surface area contributed by atoms with E-state index in [1.807, 2.05) is 0 Å². The Hall–Kier alpha value is -2.19. The molecule has 0 unspecified atom stereocenters. The van der Waals surface area contributed by atoms with Crippen molar-refractivity contribution >= 4 is 10.0 Å².